The van der Waals surface area contributed by atoms with Crippen LogP contribution in [0, 0.1) is 17.8 Å². The molecule has 1 saturated carbocycles. The van der Waals surface area contributed by atoms with Crippen molar-refractivity contribution in [3.8, 4) is 28.5 Å². The highest BCUT2D eigenvalue weighted by molar-refractivity contribution is 7.13. The number of hydrogen-bond donors (Lipinski definition) is 1. The van der Waals surface area contributed by atoms with Crippen molar-refractivity contribution >= 4 is 17.2 Å². The molecule has 1 aromatic heterocycles. The summed E-state index contributed by atoms with van der Waals surface area (Å²) in [4.78, 5) is 16.1. The van der Waals surface area contributed by atoms with E-state index in [1.807, 2.05) is 31.2 Å². The van der Waals surface area contributed by atoms with Gasteiger partial charge in [0.25, 0.3) is 5.19 Å². The fourth-order valence-electron chi connectivity index (χ4n) is 3.18. The quantitative estimate of drug-likeness (QED) is 0.712. The molecule has 0 aliphatic heterocycles. The summed E-state index contributed by atoms with van der Waals surface area (Å²) in [6.45, 7) is 4.09. The zero-order chi connectivity index (χ0) is 19.8. The highest BCUT2D eigenvalue weighted by atomic mass is 32.1. The van der Waals surface area contributed by atoms with Gasteiger partial charge in [-0.05, 0) is 37.8 Å². The molecule has 0 spiro atoms. The van der Waals surface area contributed by atoms with Crippen LogP contribution in [0.2, 0.25) is 0 Å². The Balaban J connectivity index is 1.54. The first kappa shape index (κ1) is 20.2. The van der Waals surface area contributed by atoms with E-state index >= 15 is 0 Å². The maximum absolute atomic E-state index is 11.0. The second-order valence-corrected chi connectivity index (χ2v) is 8.07. The van der Waals surface area contributed by atoms with E-state index in [1.165, 1.54) is 50.4 Å². The maximum Gasteiger partial charge on any atom is 0.279 e. The molecule has 1 aliphatic carbocycles. The van der Waals surface area contributed by atoms with Gasteiger partial charge in [0.15, 0.2) is 0 Å². The third kappa shape index (κ3) is 6.58. The molecular formula is C22H26N2O3S. The second-order valence-electron chi connectivity index (χ2n) is 7.07. The van der Waals surface area contributed by atoms with Crippen LogP contribution in [0.15, 0.2) is 30.5 Å². The van der Waals surface area contributed by atoms with Gasteiger partial charge in [-0.2, -0.15) is 0 Å². The SMILES string of the molecule is CC(=O)NC(C)C#Cc1cnc(Oc2cccc(OCC3CCCCC3)c2)s1. The Bertz CT molecular complexity index is 847. The van der Waals surface area contributed by atoms with Crippen LogP contribution in [0.4, 0.5) is 0 Å². The first-order valence-corrected chi connectivity index (χ1v) is 10.6. The molecule has 0 bridgehead atoms. The molecule has 6 heteroatoms. The molecule has 1 fully saturated rings. The largest absolute Gasteiger partial charge is 0.493 e. The molecular weight excluding hydrogens is 372 g/mol. The average molecular weight is 399 g/mol. The van der Waals surface area contributed by atoms with Crippen LogP contribution in [-0.2, 0) is 4.79 Å². The molecule has 1 amide bonds. The lowest BCUT2D eigenvalue weighted by Crippen LogP contribution is -2.28. The van der Waals surface area contributed by atoms with Crippen LogP contribution in [0.3, 0.4) is 0 Å². The average Bonchev–Trinajstić information content (AvgIpc) is 3.13. The predicted molar refractivity (Wildman–Crippen MR) is 111 cm³/mol. The molecule has 1 heterocycles. The van der Waals surface area contributed by atoms with Crippen molar-refractivity contribution in [2.45, 2.75) is 52.0 Å². The van der Waals surface area contributed by atoms with E-state index in [4.69, 9.17) is 9.47 Å². The number of thiazole rings is 1. The fraction of sp³-hybridized carbons (Fsp3) is 0.455. The Morgan fingerprint density at radius 3 is 2.89 bits per heavy atom. The molecule has 0 radical (unpaired) electrons. The molecule has 1 N–H and O–H groups in total. The van der Waals surface area contributed by atoms with Crippen LogP contribution in [0.1, 0.15) is 50.8 Å². The third-order valence-electron chi connectivity index (χ3n) is 4.54. The van der Waals surface area contributed by atoms with Crippen molar-refractivity contribution in [1.29, 1.82) is 0 Å². The summed E-state index contributed by atoms with van der Waals surface area (Å²) in [5.74, 6) is 8.08. The van der Waals surface area contributed by atoms with Gasteiger partial charge in [0.1, 0.15) is 16.4 Å². The molecule has 0 saturated heterocycles. The highest BCUT2D eigenvalue weighted by Gasteiger charge is 2.14. The minimum absolute atomic E-state index is 0.0966. The van der Waals surface area contributed by atoms with Crippen molar-refractivity contribution in [2.75, 3.05) is 6.61 Å². The number of carbonyl (C=O) groups is 1. The molecule has 28 heavy (non-hydrogen) atoms. The lowest BCUT2D eigenvalue weighted by atomic mass is 9.90. The van der Waals surface area contributed by atoms with Gasteiger partial charge in [0.2, 0.25) is 5.91 Å². The molecule has 148 valence electrons. The zero-order valence-electron chi connectivity index (χ0n) is 16.4. The molecule has 1 aliphatic rings. The van der Waals surface area contributed by atoms with Crippen molar-refractivity contribution in [3.63, 3.8) is 0 Å². The first-order valence-electron chi connectivity index (χ1n) is 9.73. The number of nitrogens with one attached hydrogen (secondary N) is 1. The lowest BCUT2D eigenvalue weighted by Gasteiger charge is -2.21. The van der Waals surface area contributed by atoms with Gasteiger partial charge >= 0.3 is 0 Å². The van der Waals surface area contributed by atoms with Crippen molar-refractivity contribution in [3.05, 3.63) is 35.3 Å². The number of hydrogen-bond acceptors (Lipinski definition) is 5. The van der Waals surface area contributed by atoms with E-state index in [-0.39, 0.29) is 11.9 Å². The minimum atomic E-state index is -0.207. The number of rotatable bonds is 6. The van der Waals surface area contributed by atoms with Gasteiger partial charge in [0.05, 0.1) is 18.8 Å². The summed E-state index contributed by atoms with van der Waals surface area (Å²) >= 11 is 1.37. The molecule has 1 unspecified atom stereocenters. The van der Waals surface area contributed by atoms with Gasteiger partial charge in [0, 0.05) is 13.0 Å². The van der Waals surface area contributed by atoms with Crippen LogP contribution >= 0.6 is 11.3 Å². The fourth-order valence-corrected chi connectivity index (χ4v) is 3.83. The molecule has 2 aromatic rings. The number of amides is 1. The summed E-state index contributed by atoms with van der Waals surface area (Å²) in [7, 11) is 0. The Morgan fingerprint density at radius 1 is 1.32 bits per heavy atom. The molecule has 3 rings (SSSR count). The molecule has 5 nitrogen and oxygen atoms in total. The Labute approximate surface area is 170 Å². The normalized spacial score (nSPS) is 15.2. The minimum Gasteiger partial charge on any atom is -0.493 e. The lowest BCUT2D eigenvalue weighted by molar-refractivity contribution is -0.119. The maximum atomic E-state index is 11.0. The summed E-state index contributed by atoms with van der Waals surface area (Å²) in [6, 6.07) is 7.46. The summed E-state index contributed by atoms with van der Waals surface area (Å²) in [5, 5.41) is 3.26. The van der Waals surface area contributed by atoms with Crippen LogP contribution in [0.25, 0.3) is 0 Å². The van der Waals surface area contributed by atoms with Crippen molar-refractivity contribution in [2.24, 2.45) is 5.92 Å². The van der Waals surface area contributed by atoms with Gasteiger partial charge in [-0.15, -0.1) is 0 Å². The van der Waals surface area contributed by atoms with Crippen LogP contribution < -0.4 is 14.8 Å². The Morgan fingerprint density at radius 2 is 2.11 bits per heavy atom. The number of nitrogens with zero attached hydrogens (tertiary/aromatic N) is 1. The summed E-state index contributed by atoms with van der Waals surface area (Å²) in [6.07, 6.45) is 8.19. The van der Waals surface area contributed by atoms with Crippen LogP contribution in [0.5, 0.6) is 16.7 Å². The van der Waals surface area contributed by atoms with E-state index in [1.54, 1.807) is 6.20 Å². The van der Waals surface area contributed by atoms with Crippen molar-refractivity contribution < 1.29 is 14.3 Å². The number of carbonyl (C=O) groups excluding carboxylic acids is 1. The van der Waals surface area contributed by atoms with E-state index in [0.29, 0.717) is 16.9 Å². The highest BCUT2D eigenvalue weighted by Crippen LogP contribution is 2.29. The van der Waals surface area contributed by atoms with E-state index in [0.717, 1.165) is 17.2 Å². The van der Waals surface area contributed by atoms with Crippen molar-refractivity contribution in [1.82, 2.24) is 10.3 Å². The standard InChI is InChI=1S/C22H26N2O3S/c1-16(24-17(2)25)11-12-21-14-23-22(28-21)27-20-10-6-9-19(13-20)26-15-18-7-4-3-5-8-18/h6,9-10,13-14,16,18H,3-5,7-8,15H2,1-2H3,(H,24,25). The first-order chi connectivity index (χ1) is 13.6. The number of benzene rings is 1. The predicted octanol–water partition coefficient (Wildman–Crippen LogP) is 4.77. The van der Waals surface area contributed by atoms with Crippen LogP contribution in [-0.4, -0.2) is 23.5 Å². The second kappa shape index (κ2) is 10.1. The molecule has 1 atom stereocenters. The topological polar surface area (TPSA) is 60.5 Å². The Hall–Kier alpha value is -2.52. The summed E-state index contributed by atoms with van der Waals surface area (Å²) in [5.41, 5.74) is 0. The van der Waals surface area contributed by atoms with E-state index < -0.39 is 0 Å². The van der Waals surface area contributed by atoms with Gasteiger partial charge in [-0.25, -0.2) is 4.98 Å². The van der Waals surface area contributed by atoms with E-state index in [2.05, 4.69) is 22.1 Å². The summed E-state index contributed by atoms with van der Waals surface area (Å²) < 4.78 is 11.8. The smallest absolute Gasteiger partial charge is 0.279 e. The zero-order valence-corrected chi connectivity index (χ0v) is 17.2. The van der Waals surface area contributed by atoms with Gasteiger partial charge in [-0.1, -0.05) is 48.5 Å². The number of ether oxygens (including phenoxy) is 2. The third-order valence-corrected chi connectivity index (χ3v) is 5.33. The number of aromatic nitrogens is 1. The Kier molecular flexibility index (Phi) is 7.32. The molecule has 1 aromatic carbocycles. The van der Waals surface area contributed by atoms with Gasteiger partial charge < -0.3 is 14.8 Å². The van der Waals surface area contributed by atoms with Gasteiger partial charge in [-0.3, -0.25) is 4.79 Å². The monoisotopic (exact) mass is 398 g/mol. The van der Waals surface area contributed by atoms with E-state index in [9.17, 15) is 4.79 Å².